The fourth-order valence-electron chi connectivity index (χ4n) is 2.14. The van der Waals surface area contributed by atoms with Crippen molar-refractivity contribution in [2.45, 2.75) is 19.5 Å². The molecule has 106 valence electrons. The van der Waals surface area contributed by atoms with Crippen LogP contribution in [0.25, 0.3) is 0 Å². The Labute approximate surface area is 118 Å². The van der Waals surface area contributed by atoms with Crippen molar-refractivity contribution >= 4 is 0 Å². The van der Waals surface area contributed by atoms with E-state index in [2.05, 4.69) is 5.32 Å². The van der Waals surface area contributed by atoms with Gasteiger partial charge in [-0.3, -0.25) is 0 Å². The van der Waals surface area contributed by atoms with Crippen LogP contribution in [0.1, 0.15) is 24.1 Å². The lowest BCUT2D eigenvalue weighted by molar-refractivity contribution is 0.412. The molecule has 0 radical (unpaired) electrons. The number of phenolic OH excluding ortho intramolecular Hbond substituents is 2. The molecule has 0 fully saturated rings. The Bertz CT molecular complexity index is 563. The van der Waals surface area contributed by atoms with Crippen LogP contribution in [-0.2, 0) is 6.54 Å². The van der Waals surface area contributed by atoms with Crippen LogP contribution in [0.5, 0.6) is 17.2 Å². The average molecular weight is 273 g/mol. The Kier molecular flexibility index (Phi) is 4.48. The molecule has 4 heteroatoms. The van der Waals surface area contributed by atoms with Crippen LogP contribution in [0.15, 0.2) is 42.5 Å². The topological polar surface area (TPSA) is 61.7 Å². The first-order valence-corrected chi connectivity index (χ1v) is 6.49. The lowest BCUT2D eigenvalue weighted by Crippen LogP contribution is -2.18. The first kappa shape index (κ1) is 14.2. The van der Waals surface area contributed by atoms with E-state index in [0.29, 0.717) is 12.1 Å². The third-order valence-electron chi connectivity index (χ3n) is 3.24. The molecule has 20 heavy (non-hydrogen) atoms. The van der Waals surface area contributed by atoms with Crippen molar-refractivity contribution in [3.63, 3.8) is 0 Å². The Morgan fingerprint density at radius 2 is 1.75 bits per heavy atom. The van der Waals surface area contributed by atoms with Gasteiger partial charge in [0.05, 0.1) is 12.7 Å². The van der Waals surface area contributed by atoms with E-state index in [0.717, 1.165) is 11.3 Å². The molecule has 3 N–H and O–H groups in total. The highest BCUT2D eigenvalue weighted by Gasteiger charge is 2.14. The van der Waals surface area contributed by atoms with Gasteiger partial charge in [0.25, 0.3) is 0 Å². The van der Waals surface area contributed by atoms with Gasteiger partial charge in [0.2, 0.25) is 0 Å². The van der Waals surface area contributed by atoms with Crippen LogP contribution < -0.4 is 10.1 Å². The lowest BCUT2D eigenvalue weighted by atomic mass is 10.1. The Morgan fingerprint density at radius 3 is 2.40 bits per heavy atom. The van der Waals surface area contributed by atoms with E-state index in [4.69, 9.17) is 4.74 Å². The molecule has 0 aliphatic rings. The number of phenols is 2. The second-order valence-electron chi connectivity index (χ2n) is 4.66. The highest BCUT2D eigenvalue weighted by molar-refractivity contribution is 5.45. The predicted octanol–water partition coefficient (Wildman–Crippen LogP) is 2.96. The van der Waals surface area contributed by atoms with E-state index >= 15 is 0 Å². The first-order valence-electron chi connectivity index (χ1n) is 6.49. The van der Waals surface area contributed by atoms with Gasteiger partial charge in [0.15, 0.2) is 0 Å². The summed E-state index contributed by atoms with van der Waals surface area (Å²) >= 11 is 0. The van der Waals surface area contributed by atoms with Gasteiger partial charge in [-0.15, -0.1) is 0 Å². The molecule has 0 aliphatic heterocycles. The molecule has 0 heterocycles. The molecule has 0 amide bonds. The van der Waals surface area contributed by atoms with E-state index in [1.807, 2.05) is 31.2 Å². The summed E-state index contributed by atoms with van der Waals surface area (Å²) in [7, 11) is 1.63. The minimum absolute atomic E-state index is 0.0932. The number of benzene rings is 2. The number of rotatable bonds is 5. The van der Waals surface area contributed by atoms with Crippen molar-refractivity contribution in [3.8, 4) is 17.2 Å². The van der Waals surface area contributed by atoms with Gasteiger partial charge in [-0.05, 0) is 36.8 Å². The van der Waals surface area contributed by atoms with Crippen molar-refractivity contribution < 1.29 is 14.9 Å². The quantitative estimate of drug-likeness (QED) is 0.784. The van der Waals surface area contributed by atoms with Gasteiger partial charge in [-0.1, -0.05) is 18.2 Å². The summed E-state index contributed by atoms with van der Waals surface area (Å²) in [5, 5.41) is 22.9. The smallest absolute Gasteiger partial charge is 0.124 e. The molecule has 0 aliphatic carbocycles. The number of ether oxygens (including phenoxy) is 1. The molecular weight excluding hydrogens is 254 g/mol. The second-order valence-corrected chi connectivity index (χ2v) is 4.66. The normalized spacial score (nSPS) is 12.1. The first-order chi connectivity index (χ1) is 9.61. The van der Waals surface area contributed by atoms with Gasteiger partial charge < -0.3 is 20.3 Å². The van der Waals surface area contributed by atoms with Gasteiger partial charge in [0.1, 0.15) is 17.2 Å². The second kappa shape index (κ2) is 6.30. The number of aromatic hydroxyl groups is 2. The van der Waals surface area contributed by atoms with Crippen LogP contribution in [0.4, 0.5) is 0 Å². The number of hydrogen-bond donors (Lipinski definition) is 3. The Balaban J connectivity index is 2.06. The summed E-state index contributed by atoms with van der Waals surface area (Å²) in [6.07, 6.45) is 0. The molecule has 2 aromatic carbocycles. The summed E-state index contributed by atoms with van der Waals surface area (Å²) in [5.41, 5.74) is 1.58. The zero-order chi connectivity index (χ0) is 14.5. The fourth-order valence-corrected chi connectivity index (χ4v) is 2.14. The van der Waals surface area contributed by atoms with E-state index in [-0.39, 0.29) is 17.5 Å². The molecule has 0 saturated carbocycles. The summed E-state index contributed by atoms with van der Waals surface area (Å²) < 4.78 is 5.18. The predicted molar refractivity (Wildman–Crippen MR) is 78.0 cm³/mol. The monoisotopic (exact) mass is 273 g/mol. The Hall–Kier alpha value is -2.20. The fraction of sp³-hybridized carbons (Fsp3) is 0.250. The summed E-state index contributed by atoms with van der Waals surface area (Å²) in [5.74, 6) is 0.994. The van der Waals surface area contributed by atoms with Gasteiger partial charge >= 0.3 is 0 Å². The van der Waals surface area contributed by atoms with Gasteiger partial charge in [-0.2, -0.15) is 0 Å². The molecule has 0 bridgehead atoms. The molecule has 0 spiro atoms. The van der Waals surface area contributed by atoms with Crippen molar-refractivity contribution in [1.29, 1.82) is 0 Å². The zero-order valence-electron chi connectivity index (χ0n) is 11.6. The molecule has 0 aromatic heterocycles. The zero-order valence-corrected chi connectivity index (χ0v) is 11.6. The molecule has 1 atom stereocenters. The van der Waals surface area contributed by atoms with Gasteiger partial charge in [0, 0.05) is 12.6 Å². The molecule has 1 unspecified atom stereocenters. The van der Waals surface area contributed by atoms with E-state index < -0.39 is 0 Å². The third kappa shape index (κ3) is 3.22. The third-order valence-corrected chi connectivity index (χ3v) is 3.24. The molecular formula is C16H19NO3. The van der Waals surface area contributed by atoms with Crippen LogP contribution in [0.2, 0.25) is 0 Å². The highest BCUT2D eigenvalue weighted by Crippen LogP contribution is 2.32. The van der Waals surface area contributed by atoms with Crippen LogP contribution in [0.3, 0.4) is 0 Å². The maximum atomic E-state index is 9.82. The standard InChI is InChI=1S/C16H19NO3/c1-11(16-14(18)7-4-8-15(16)19)17-10-12-5-3-6-13(9-12)20-2/h3-9,11,17-19H,10H2,1-2H3. The SMILES string of the molecule is COc1cccc(CNC(C)c2c(O)cccc2O)c1. The van der Waals surface area contributed by atoms with E-state index in [1.165, 1.54) is 0 Å². The summed E-state index contributed by atoms with van der Waals surface area (Å²) in [4.78, 5) is 0. The maximum absolute atomic E-state index is 9.82. The van der Waals surface area contributed by atoms with Gasteiger partial charge in [-0.25, -0.2) is 0 Å². The molecule has 4 nitrogen and oxygen atoms in total. The summed E-state index contributed by atoms with van der Waals surface area (Å²) in [6.45, 7) is 2.51. The maximum Gasteiger partial charge on any atom is 0.124 e. The van der Waals surface area contributed by atoms with Crippen molar-refractivity contribution in [2.24, 2.45) is 0 Å². The van der Waals surface area contributed by atoms with Crippen LogP contribution in [0, 0.1) is 0 Å². The van der Waals surface area contributed by atoms with Crippen molar-refractivity contribution in [1.82, 2.24) is 5.32 Å². The number of methoxy groups -OCH3 is 1. The average Bonchev–Trinajstić information content (AvgIpc) is 2.45. The van der Waals surface area contributed by atoms with Crippen LogP contribution in [-0.4, -0.2) is 17.3 Å². The minimum Gasteiger partial charge on any atom is -0.507 e. The Morgan fingerprint density at radius 1 is 1.10 bits per heavy atom. The largest absolute Gasteiger partial charge is 0.507 e. The molecule has 0 saturated heterocycles. The van der Waals surface area contributed by atoms with Crippen molar-refractivity contribution in [2.75, 3.05) is 7.11 Å². The van der Waals surface area contributed by atoms with Crippen molar-refractivity contribution in [3.05, 3.63) is 53.6 Å². The molecule has 2 rings (SSSR count). The lowest BCUT2D eigenvalue weighted by Gasteiger charge is -2.17. The summed E-state index contributed by atoms with van der Waals surface area (Å²) in [6, 6.07) is 12.3. The van der Waals surface area contributed by atoms with E-state index in [1.54, 1.807) is 25.3 Å². The minimum atomic E-state index is -0.164. The molecule has 2 aromatic rings. The number of hydrogen-bond acceptors (Lipinski definition) is 4. The highest BCUT2D eigenvalue weighted by atomic mass is 16.5. The van der Waals surface area contributed by atoms with Crippen LogP contribution >= 0.6 is 0 Å². The number of nitrogens with one attached hydrogen (secondary N) is 1. The van der Waals surface area contributed by atoms with E-state index in [9.17, 15) is 10.2 Å².